The van der Waals surface area contributed by atoms with Crippen LogP contribution in [0.3, 0.4) is 0 Å². The third-order valence-corrected chi connectivity index (χ3v) is 4.28. The Bertz CT molecular complexity index is 541. The molecule has 0 aromatic heterocycles. The van der Waals surface area contributed by atoms with Gasteiger partial charge in [0.2, 0.25) is 3.92 Å². The summed E-state index contributed by atoms with van der Waals surface area (Å²) < 4.78 is 30.1. The van der Waals surface area contributed by atoms with Crippen LogP contribution >= 0.6 is 34.8 Å². The Balaban J connectivity index is 2.56. The molecule has 0 radical (unpaired) electrons. The summed E-state index contributed by atoms with van der Waals surface area (Å²) >= 11 is 17.1. The number of nitrogens with zero attached hydrogens (tertiary/aromatic N) is 1. The fraction of sp³-hybridized carbons (Fsp3) is 0.333. The second-order valence-electron chi connectivity index (χ2n) is 3.66. The smallest absolute Gasteiger partial charge is 0.284 e. The first-order chi connectivity index (χ1) is 7.71. The molecule has 1 aliphatic rings. The van der Waals surface area contributed by atoms with Crippen molar-refractivity contribution in [3.05, 3.63) is 35.4 Å². The van der Waals surface area contributed by atoms with Gasteiger partial charge in [0.15, 0.2) is 5.37 Å². The van der Waals surface area contributed by atoms with E-state index in [0.29, 0.717) is 11.1 Å². The molecule has 1 unspecified atom stereocenters. The molecule has 1 aromatic rings. The molecule has 4 nitrogen and oxygen atoms in total. The predicted molar refractivity (Wildman–Crippen MR) is 66.6 cm³/mol. The van der Waals surface area contributed by atoms with Gasteiger partial charge in [-0.3, -0.25) is 4.55 Å². The lowest BCUT2D eigenvalue weighted by Gasteiger charge is -2.28. The van der Waals surface area contributed by atoms with Gasteiger partial charge in [0.1, 0.15) is 0 Å². The van der Waals surface area contributed by atoms with Crippen LogP contribution in [0.1, 0.15) is 16.5 Å². The van der Waals surface area contributed by atoms with E-state index in [4.69, 9.17) is 34.8 Å². The molecule has 2 rings (SSSR count). The van der Waals surface area contributed by atoms with Crippen LogP contribution in [0.25, 0.3) is 0 Å². The second kappa shape index (κ2) is 4.26. The van der Waals surface area contributed by atoms with Crippen molar-refractivity contribution in [3.63, 3.8) is 0 Å². The van der Waals surface area contributed by atoms with Crippen molar-refractivity contribution >= 4 is 44.9 Å². The summed E-state index contributed by atoms with van der Waals surface area (Å²) in [6.07, 6.45) is 0. The lowest BCUT2D eigenvalue weighted by atomic mass is 10.1. The summed E-state index contributed by atoms with van der Waals surface area (Å²) in [7, 11) is -4.38. The second-order valence-corrected chi connectivity index (χ2v) is 7.36. The normalized spacial score (nSPS) is 21.5. The van der Waals surface area contributed by atoms with Crippen LogP contribution in [0.4, 0.5) is 0 Å². The highest BCUT2D eigenvalue weighted by Gasteiger charge is 2.47. The Morgan fingerprint density at radius 3 is 2.41 bits per heavy atom. The minimum Gasteiger partial charge on any atom is -0.284 e. The quantitative estimate of drug-likeness (QED) is 0.492. The molecule has 17 heavy (non-hydrogen) atoms. The molecule has 0 aliphatic carbocycles. The minimum absolute atomic E-state index is 0.150. The van der Waals surface area contributed by atoms with Crippen molar-refractivity contribution in [3.8, 4) is 0 Å². The van der Waals surface area contributed by atoms with E-state index in [1.165, 1.54) is 0 Å². The summed E-state index contributed by atoms with van der Waals surface area (Å²) in [5.74, 6) is 0. The zero-order valence-electron chi connectivity index (χ0n) is 8.35. The SMILES string of the molecule is O=S(=O)(O)C1c2ccccc2CN1C(Cl)(Cl)Cl. The number of hydrogen-bond acceptors (Lipinski definition) is 3. The van der Waals surface area contributed by atoms with E-state index in [1.807, 2.05) is 0 Å². The minimum atomic E-state index is -4.38. The van der Waals surface area contributed by atoms with Crippen molar-refractivity contribution in [2.45, 2.75) is 15.8 Å². The van der Waals surface area contributed by atoms with Gasteiger partial charge in [0.25, 0.3) is 10.1 Å². The summed E-state index contributed by atoms with van der Waals surface area (Å²) in [5, 5.41) is -1.34. The molecule has 1 heterocycles. The van der Waals surface area contributed by atoms with E-state index in [1.54, 1.807) is 24.3 Å². The molecule has 94 valence electrons. The first-order valence-electron chi connectivity index (χ1n) is 4.59. The third kappa shape index (κ3) is 2.54. The van der Waals surface area contributed by atoms with Gasteiger partial charge in [-0.25, -0.2) is 4.90 Å². The average Bonchev–Trinajstić information content (AvgIpc) is 2.54. The highest BCUT2D eigenvalue weighted by Crippen LogP contribution is 2.46. The van der Waals surface area contributed by atoms with Crippen LogP contribution in [0.5, 0.6) is 0 Å². The molecule has 0 spiro atoms. The van der Waals surface area contributed by atoms with Crippen LogP contribution in [0, 0.1) is 0 Å². The van der Waals surface area contributed by atoms with E-state index < -0.39 is 19.4 Å². The van der Waals surface area contributed by atoms with Crippen molar-refractivity contribution in [1.29, 1.82) is 0 Å². The molecule has 1 atom stereocenters. The van der Waals surface area contributed by atoms with Crippen LogP contribution in [0.15, 0.2) is 24.3 Å². The van der Waals surface area contributed by atoms with Crippen LogP contribution in [-0.2, 0) is 16.7 Å². The lowest BCUT2D eigenvalue weighted by molar-refractivity contribution is 0.255. The lowest BCUT2D eigenvalue weighted by Crippen LogP contribution is -2.37. The maximum absolute atomic E-state index is 11.4. The molecule has 1 aliphatic heterocycles. The fourth-order valence-electron chi connectivity index (χ4n) is 1.90. The largest absolute Gasteiger partial charge is 0.285 e. The predicted octanol–water partition coefficient (Wildman–Crippen LogP) is 2.72. The maximum Gasteiger partial charge on any atom is 0.285 e. The summed E-state index contributed by atoms with van der Waals surface area (Å²) in [6.45, 7) is 0.150. The first kappa shape index (κ1) is 13.4. The summed E-state index contributed by atoms with van der Waals surface area (Å²) in [4.78, 5) is 1.09. The topological polar surface area (TPSA) is 57.6 Å². The van der Waals surface area contributed by atoms with Gasteiger partial charge >= 0.3 is 0 Å². The van der Waals surface area contributed by atoms with E-state index >= 15 is 0 Å². The van der Waals surface area contributed by atoms with E-state index in [9.17, 15) is 13.0 Å². The van der Waals surface area contributed by atoms with Gasteiger partial charge in [-0.15, -0.1) is 0 Å². The zero-order valence-corrected chi connectivity index (χ0v) is 11.4. The molecular formula is C9H8Cl3NO3S. The highest BCUT2D eigenvalue weighted by molar-refractivity contribution is 7.86. The number of fused-ring (bicyclic) bond motifs is 1. The first-order valence-corrected chi connectivity index (χ1v) is 7.22. The Kier molecular flexibility index (Phi) is 3.36. The average molecular weight is 317 g/mol. The van der Waals surface area contributed by atoms with Gasteiger partial charge in [0, 0.05) is 6.54 Å². The monoisotopic (exact) mass is 315 g/mol. The molecular weight excluding hydrogens is 309 g/mol. The van der Waals surface area contributed by atoms with Gasteiger partial charge < -0.3 is 0 Å². The van der Waals surface area contributed by atoms with Crippen LogP contribution in [0.2, 0.25) is 0 Å². The standard InChI is InChI=1S/C9H8Cl3NO3S/c10-9(11,12)13-5-6-3-1-2-4-7(6)8(13)17(14,15)16/h1-4,8H,5H2,(H,14,15,16). The van der Waals surface area contributed by atoms with E-state index in [0.717, 1.165) is 4.90 Å². The van der Waals surface area contributed by atoms with E-state index in [2.05, 4.69) is 0 Å². The van der Waals surface area contributed by atoms with Crippen molar-refractivity contribution in [2.24, 2.45) is 0 Å². The fourth-order valence-corrected chi connectivity index (χ4v) is 3.65. The van der Waals surface area contributed by atoms with Gasteiger partial charge in [-0.1, -0.05) is 59.1 Å². The Labute approximate surface area is 114 Å². The Morgan fingerprint density at radius 1 is 1.29 bits per heavy atom. The molecule has 8 heteroatoms. The van der Waals surface area contributed by atoms with Crippen molar-refractivity contribution in [2.75, 3.05) is 0 Å². The molecule has 0 amide bonds. The van der Waals surface area contributed by atoms with Crippen LogP contribution < -0.4 is 0 Å². The molecule has 0 saturated heterocycles. The Hall–Kier alpha value is -0.0400. The van der Waals surface area contributed by atoms with Gasteiger partial charge in [-0.2, -0.15) is 8.42 Å². The Morgan fingerprint density at radius 2 is 1.88 bits per heavy atom. The highest BCUT2D eigenvalue weighted by atomic mass is 35.6. The maximum atomic E-state index is 11.4. The van der Waals surface area contributed by atoms with Crippen molar-refractivity contribution < 1.29 is 13.0 Å². The van der Waals surface area contributed by atoms with Gasteiger partial charge in [-0.05, 0) is 11.1 Å². The van der Waals surface area contributed by atoms with Gasteiger partial charge in [0.05, 0.1) is 0 Å². The van der Waals surface area contributed by atoms with E-state index in [-0.39, 0.29) is 6.54 Å². The van der Waals surface area contributed by atoms with Crippen LogP contribution in [-0.4, -0.2) is 21.8 Å². The third-order valence-electron chi connectivity index (χ3n) is 2.55. The number of rotatable bonds is 1. The number of hydrogen-bond donors (Lipinski definition) is 1. The molecule has 1 aromatic carbocycles. The molecule has 0 fully saturated rings. The molecule has 0 bridgehead atoms. The zero-order chi connectivity index (χ0) is 12.8. The number of alkyl halides is 3. The molecule has 1 N–H and O–H groups in total. The number of benzene rings is 1. The summed E-state index contributed by atoms with van der Waals surface area (Å²) in [6, 6.07) is 6.73. The van der Waals surface area contributed by atoms with Crippen molar-refractivity contribution in [1.82, 2.24) is 4.90 Å². The molecule has 0 saturated carbocycles. The summed E-state index contributed by atoms with van der Waals surface area (Å²) in [5.41, 5.74) is 1.14. The number of halogens is 3.